The zero-order valence-corrected chi connectivity index (χ0v) is 28.9. The Labute approximate surface area is 309 Å². The van der Waals surface area contributed by atoms with Crippen molar-refractivity contribution in [3.8, 4) is 56.4 Å². The third-order valence-corrected chi connectivity index (χ3v) is 10.3. The van der Waals surface area contributed by atoms with Crippen molar-refractivity contribution in [2.45, 2.75) is 0 Å². The molecule has 0 radical (unpaired) electrons. The molecule has 0 aliphatic heterocycles. The van der Waals surface area contributed by atoms with Gasteiger partial charge in [0.1, 0.15) is 22.3 Å². The largest absolute Gasteiger partial charge is 0.456 e. The van der Waals surface area contributed by atoms with Crippen LogP contribution in [0.25, 0.3) is 111 Å². The Morgan fingerprint density at radius 1 is 0.296 bits per heavy atom. The van der Waals surface area contributed by atoms with Crippen molar-refractivity contribution < 1.29 is 8.83 Å². The van der Waals surface area contributed by atoms with Crippen LogP contribution >= 0.6 is 0 Å². The number of nitrogens with zero attached hydrogens (tertiary/aromatic N) is 3. The molecule has 5 nitrogen and oxygen atoms in total. The Morgan fingerprint density at radius 3 is 1.70 bits per heavy atom. The number of fused-ring (bicyclic) bond motifs is 7. The second-order valence-electron chi connectivity index (χ2n) is 13.6. The fourth-order valence-electron chi connectivity index (χ4n) is 7.75. The number of furan rings is 2. The van der Waals surface area contributed by atoms with Crippen molar-refractivity contribution in [2.75, 3.05) is 0 Å². The van der Waals surface area contributed by atoms with E-state index in [-0.39, 0.29) is 0 Å². The molecule has 0 unspecified atom stereocenters. The number of aromatic nitrogens is 3. The Balaban J connectivity index is 1.18. The first-order valence-corrected chi connectivity index (χ1v) is 18.0. The Hall–Kier alpha value is -7.37. The molecule has 3 heterocycles. The van der Waals surface area contributed by atoms with Gasteiger partial charge in [-0.3, -0.25) is 0 Å². The topological polar surface area (TPSA) is 65.0 Å². The summed E-state index contributed by atoms with van der Waals surface area (Å²) in [5.41, 5.74) is 10.2. The molecule has 54 heavy (non-hydrogen) atoms. The van der Waals surface area contributed by atoms with Crippen molar-refractivity contribution in [1.29, 1.82) is 0 Å². The summed E-state index contributed by atoms with van der Waals surface area (Å²) in [5, 5.41) is 6.38. The monoisotopic (exact) mass is 691 g/mol. The molecule has 0 bridgehead atoms. The summed E-state index contributed by atoms with van der Waals surface area (Å²) in [7, 11) is 0. The third-order valence-electron chi connectivity index (χ3n) is 10.3. The number of para-hydroxylation sites is 2. The van der Waals surface area contributed by atoms with Crippen LogP contribution < -0.4 is 0 Å². The molecular formula is C49H29N3O2. The summed E-state index contributed by atoms with van der Waals surface area (Å²) in [6.07, 6.45) is 0. The third kappa shape index (κ3) is 4.98. The minimum atomic E-state index is 0.552. The number of hydrogen-bond donors (Lipinski definition) is 0. The highest BCUT2D eigenvalue weighted by molar-refractivity contribution is 6.14. The summed E-state index contributed by atoms with van der Waals surface area (Å²) in [5.74, 6) is 1.70. The molecule has 0 N–H and O–H groups in total. The van der Waals surface area contributed by atoms with Gasteiger partial charge in [-0.15, -0.1) is 0 Å². The van der Waals surface area contributed by atoms with Gasteiger partial charge >= 0.3 is 0 Å². The van der Waals surface area contributed by atoms with Crippen LogP contribution in [-0.4, -0.2) is 15.0 Å². The summed E-state index contributed by atoms with van der Waals surface area (Å²) >= 11 is 0. The van der Waals surface area contributed by atoms with Crippen LogP contribution in [-0.2, 0) is 0 Å². The lowest BCUT2D eigenvalue weighted by molar-refractivity contribution is 0.668. The standard InChI is InChI=1S/C49H29N3O2/c1-2-12-30(13-3-1)33-16-10-17-34(26-33)40-28-36(29-44-46(40)38-19-7-9-22-42(38)54-44)48-50-47(35-25-24-31-14-4-5-15-32(31)27-35)51-49(52-48)39-20-11-23-43-45(39)37-18-6-8-21-41(37)53-43/h1-29H. The average molecular weight is 692 g/mol. The molecular weight excluding hydrogens is 663 g/mol. The van der Waals surface area contributed by atoms with E-state index < -0.39 is 0 Å². The van der Waals surface area contributed by atoms with Crippen molar-refractivity contribution in [3.63, 3.8) is 0 Å². The van der Waals surface area contributed by atoms with Gasteiger partial charge in [0.25, 0.3) is 0 Å². The first-order chi connectivity index (χ1) is 26.7. The van der Waals surface area contributed by atoms with Crippen molar-refractivity contribution >= 4 is 54.6 Å². The van der Waals surface area contributed by atoms with Gasteiger partial charge in [0.15, 0.2) is 17.5 Å². The molecule has 11 rings (SSSR count). The predicted octanol–water partition coefficient (Wildman–Crippen LogP) is 13.2. The van der Waals surface area contributed by atoms with E-state index in [0.29, 0.717) is 17.5 Å². The molecule has 3 aromatic heterocycles. The molecule has 0 fully saturated rings. The Kier molecular flexibility index (Phi) is 6.79. The SMILES string of the molecule is c1ccc(-c2cccc(-c3cc(-c4nc(-c5ccc6ccccc6c5)nc(-c5cccc6oc7ccccc7c56)n4)cc4oc5ccccc5c34)c2)cc1. The minimum absolute atomic E-state index is 0.552. The van der Waals surface area contributed by atoms with Gasteiger partial charge in [-0.05, 0) is 75.5 Å². The normalized spacial score (nSPS) is 11.7. The van der Waals surface area contributed by atoms with E-state index in [9.17, 15) is 0 Å². The molecule has 0 amide bonds. The van der Waals surface area contributed by atoms with Gasteiger partial charge in [0.05, 0.1) is 0 Å². The van der Waals surface area contributed by atoms with Gasteiger partial charge in [-0.1, -0.05) is 133 Å². The van der Waals surface area contributed by atoms with Crippen LogP contribution in [0.4, 0.5) is 0 Å². The lowest BCUT2D eigenvalue weighted by Crippen LogP contribution is -2.01. The molecule has 252 valence electrons. The van der Waals surface area contributed by atoms with Crippen LogP contribution in [0.5, 0.6) is 0 Å². The highest BCUT2D eigenvalue weighted by atomic mass is 16.3. The van der Waals surface area contributed by atoms with Gasteiger partial charge in [-0.2, -0.15) is 0 Å². The van der Waals surface area contributed by atoms with Crippen molar-refractivity contribution in [2.24, 2.45) is 0 Å². The summed E-state index contributed by atoms with van der Waals surface area (Å²) in [6, 6.07) is 60.5. The van der Waals surface area contributed by atoms with E-state index in [1.807, 2.05) is 48.5 Å². The van der Waals surface area contributed by atoms with Crippen molar-refractivity contribution in [1.82, 2.24) is 15.0 Å². The fraction of sp³-hybridized carbons (Fsp3) is 0. The summed E-state index contributed by atoms with van der Waals surface area (Å²) in [4.78, 5) is 15.6. The van der Waals surface area contributed by atoms with E-state index in [4.69, 9.17) is 23.8 Å². The van der Waals surface area contributed by atoms with E-state index in [1.165, 1.54) is 0 Å². The Bertz CT molecular complexity index is 3230. The van der Waals surface area contributed by atoms with E-state index in [2.05, 4.69) is 127 Å². The molecule has 8 aromatic carbocycles. The van der Waals surface area contributed by atoms with Gasteiger partial charge in [-0.25, -0.2) is 15.0 Å². The lowest BCUT2D eigenvalue weighted by atomic mass is 9.94. The zero-order valence-electron chi connectivity index (χ0n) is 28.9. The number of rotatable bonds is 5. The van der Waals surface area contributed by atoms with Crippen molar-refractivity contribution in [3.05, 3.63) is 176 Å². The second-order valence-corrected chi connectivity index (χ2v) is 13.6. The van der Waals surface area contributed by atoms with Crippen LogP contribution in [0.15, 0.2) is 185 Å². The maximum atomic E-state index is 6.58. The zero-order chi connectivity index (χ0) is 35.6. The molecule has 11 aromatic rings. The van der Waals surface area contributed by atoms with E-state index in [0.717, 1.165) is 93.6 Å². The highest BCUT2D eigenvalue weighted by Gasteiger charge is 2.21. The van der Waals surface area contributed by atoms with E-state index >= 15 is 0 Å². The second kappa shape index (κ2) is 12.1. The number of benzene rings is 8. The van der Waals surface area contributed by atoms with Crippen LogP contribution in [0.2, 0.25) is 0 Å². The molecule has 5 heteroatoms. The molecule has 0 saturated heterocycles. The van der Waals surface area contributed by atoms with Crippen LogP contribution in [0.1, 0.15) is 0 Å². The summed E-state index contributed by atoms with van der Waals surface area (Å²) < 4.78 is 12.9. The first-order valence-electron chi connectivity index (χ1n) is 18.0. The van der Waals surface area contributed by atoms with Crippen LogP contribution in [0, 0.1) is 0 Å². The summed E-state index contributed by atoms with van der Waals surface area (Å²) in [6.45, 7) is 0. The quantitative estimate of drug-likeness (QED) is 0.180. The molecule has 0 aliphatic carbocycles. The minimum Gasteiger partial charge on any atom is -0.456 e. The van der Waals surface area contributed by atoms with Gasteiger partial charge < -0.3 is 8.83 Å². The molecule has 0 aliphatic rings. The fourth-order valence-corrected chi connectivity index (χ4v) is 7.75. The van der Waals surface area contributed by atoms with Gasteiger partial charge in [0, 0.05) is 38.2 Å². The maximum absolute atomic E-state index is 6.58. The lowest BCUT2D eigenvalue weighted by Gasteiger charge is -2.12. The first kappa shape index (κ1) is 30.3. The molecule has 0 atom stereocenters. The van der Waals surface area contributed by atoms with Gasteiger partial charge in [0.2, 0.25) is 0 Å². The Morgan fingerprint density at radius 2 is 0.889 bits per heavy atom. The molecule has 0 spiro atoms. The molecule has 0 saturated carbocycles. The highest BCUT2D eigenvalue weighted by Crippen LogP contribution is 2.42. The van der Waals surface area contributed by atoms with E-state index in [1.54, 1.807) is 0 Å². The predicted molar refractivity (Wildman–Crippen MR) is 219 cm³/mol. The number of hydrogen-bond acceptors (Lipinski definition) is 5. The smallest absolute Gasteiger partial charge is 0.164 e. The maximum Gasteiger partial charge on any atom is 0.164 e. The van der Waals surface area contributed by atoms with Crippen LogP contribution in [0.3, 0.4) is 0 Å². The average Bonchev–Trinajstić information content (AvgIpc) is 3.82.